The zero-order valence-electron chi connectivity index (χ0n) is 26.0. The molecule has 2 aliphatic heterocycles. The minimum Gasteiger partial charge on any atom is -0.453 e. The number of nitriles is 1. The van der Waals surface area contributed by atoms with E-state index in [0.717, 1.165) is 88.9 Å². The van der Waals surface area contributed by atoms with Gasteiger partial charge in [0.25, 0.3) is 0 Å². The average molecular weight is 651 g/mol. The number of hydrogen-bond acceptors (Lipinski definition) is 7. The number of allylic oxidation sites excluding steroid dienone is 1. The molecule has 8 nitrogen and oxygen atoms in total. The number of hydrogen-bond donors (Lipinski definition) is 1. The summed E-state index contributed by atoms with van der Waals surface area (Å²) in [7, 11) is -1.91. The summed E-state index contributed by atoms with van der Waals surface area (Å²) in [6.07, 6.45) is 5.63. The monoisotopic (exact) mass is 650 g/mol. The smallest absolute Gasteiger partial charge is 0.411 e. The third-order valence-corrected chi connectivity index (χ3v) is 13.3. The second kappa shape index (κ2) is 13.0. The number of anilines is 1. The number of carbonyl (C=O) groups excluding carboxylic acids is 1. The highest BCUT2D eigenvalue weighted by atomic mass is 35.5. The van der Waals surface area contributed by atoms with Crippen molar-refractivity contribution < 1.29 is 17.9 Å². The highest BCUT2D eigenvalue weighted by Crippen LogP contribution is 2.53. The Hall–Kier alpha value is -3.06. The van der Waals surface area contributed by atoms with Gasteiger partial charge in [-0.2, -0.15) is 5.26 Å². The maximum atomic E-state index is 12.6. The first kappa shape index (κ1) is 31.9. The van der Waals surface area contributed by atoms with E-state index in [4.69, 9.17) is 16.3 Å². The highest BCUT2D eigenvalue weighted by molar-refractivity contribution is 7.92. The first-order valence-corrected chi connectivity index (χ1v) is 18.1. The van der Waals surface area contributed by atoms with Crippen LogP contribution in [0.3, 0.4) is 0 Å². The fraction of sp³-hybridized carbons (Fsp3) is 0.543. The van der Waals surface area contributed by atoms with Crippen molar-refractivity contribution in [2.45, 2.75) is 60.5 Å². The number of sulfone groups is 1. The number of nitrogens with zero attached hydrogens (tertiary/aromatic N) is 3. The molecule has 2 aromatic rings. The second-order valence-corrected chi connectivity index (χ2v) is 16.0. The predicted molar refractivity (Wildman–Crippen MR) is 176 cm³/mol. The molecule has 10 heteroatoms. The molecule has 6 rings (SSSR count). The van der Waals surface area contributed by atoms with Crippen LogP contribution >= 0.6 is 11.6 Å². The molecule has 4 fully saturated rings. The van der Waals surface area contributed by atoms with E-state index in [2.05, 4.69) is 39.9 Å². The van der Waals surface area contributed by atoms with Crippen molar-refractivity contribution >= 4 is 33.2 Å². The molecule has 2 saturated carbocycles. The SMILES string of the molecule is C=C(NC(=O)OC)[C@H]1CCC[C@@H]1C(C#N)(c1ccccc1)C1CCN(CC2CN(c3ccc(S(=O)(=O)C4CC4)cc3Cl)C2)CC1. The van der Waals surface area contributed by atoms with Gasteiger partial charge in [-0.3, -0.25) is 5.32 Å². The first-order chi connectivity index (χ1) is 21.7. The van der Waals surface area contributed by atoms with Gasteiger partial charge >= 0.3 is 6.09 Å². The quantitative estimate of drug-likeness (QED) is 0.328. The minimum absolute atomic E-state index is 0.0117. The Kier molecular flexibility index (Phi) is 9.20. The van der Waals surface area contributed by atoms with Crippen molar-refractivity contribution in [2.75, 3.05) is 44.7 Å². The van der Waals surface area contributed by atoms with E-state index in [1.165, 1.54) is 7.11 Å². The van der Waals surface area contributed by atoms with E-state index < -0.39 is 21.3 Å². The van der Waals surface area contributed by atoms with Crippen LogP contribution in [0.1, 0.15) is 50.5 Å². The third-order valence-electron chi connectivity index (χ3n) is 10.7. The minimum atomic E-state index is -3.26. The van der Waals surface area contributed by atoms with Gasteiger partial charge in [-0.15, -0.1) is 0 Å². The molecule has 1 amide bonds. The first-order valence-electron chi connectivity index (χ1n) is 16.2. The lowest BCUT2D eigenvalue weighted by atomic mass is 9.58. The van der Waals surface area contributed by atoms with Crippen molar-refractivity contribution in [3.8, 4) is 6.07 Å². The number of ether oxygens (including phenoxy) is 1. The van der Waals surface area contributed by atoms with Crippen LogP contribution in [0.5, 0.6) is 0 Å². The van der Waals surface area contributed by atoms with Crippen LogP contribution in [0.2, 0.25) is 5.02 Å². The molecule has 2 heterocycles. The Morgan fingerprint density at radius 2 is 1.80 bits per heavy atom. The predicted octanol–water partition coefficient (Wildman–Crippen LogP) is 6.17. The van der Waals surface area contributed by atoms with Gasteiger partial charge in [-0.25, -0.2) is 13.2 Å². The molecule has 4 aliphatic rings. The van der Waals surface area contributed by atoms with Crippen LogP contribution < -0.4 is 10.2 Å². The molecule has 0 bridgehead atoms. The Morgan fingerprint density at radius 1 is 1.09 bits per heavy atom. The van der Waals surface area contributed by atoms with Gasteiger partial charge in [-0.05, 0) is 87.2 Å². The summed E-state index contributed by atoms with van der Waals surface area (Å²) in [6, 6.07) is 18.3. The number of methoxy groups -OCH3 is 1. The lowest BCUT2D eigenvalue weighted by Gasteiger charge is -2.48. The molecule has 3 atom stereocenters. The number of likely N-dealkylation sites (tertiary alicyclic amines) is 1. The topological polar surface area (TPSA) is 103 Å². The molecular weight excluding hydrogens is 608 g/mol. The number of halogens is 1. The Balaban J connectivity index is 1.10. The summed E-state index contributed by atoms with van der Waals surface area (Å²) in [5.74, 6) is 0.772. The zero-order chi connectivity index (χ0) is 31.8. The van der Waals surface area contributed by atoms with Gasteiger partial charge in [0, 0.05) is 37.2 Å². The van der Waals surface area contributed by atoms with Crippen LogP contribution in [0, 0.1) is 35.0 Å². The normalized spacial score (nSPS) is 24.3. The van der Waals surface area contributed by atoms with E-state index in [9.17, 15) is 18.5 Å². The third kappa shape index (κ3) is 6.22. The van der Waals surface area contributed by atoms with Crippen molar-refractivity contribution in [1.29, 1.82) is 5.26 Å². The maximum absolute atomic E-state index is 12.6. The maximum Gasteiger partial charge on any atom is 0.411 e. The van der Waals surface area contributed by atoms with E-state index in [0.29, 0.717) is 21.5 Å². The van der Waals surface area contributed by atoms with E-state index in [1.807, 2.05) is 24.3 Å². The average Bonchev–Trinajstić information content (AvgIpc) is 3.79. The number of carbonyl (C=O) groups is 1. The van der Waals surface area contributed by atoms with Gasteiger partial charge in [0.1, 0.15) is 0 Å². The van der Waals surface area contributed by atoms with Gasteiger partial charge in [0.05, 0.1) is 39.4 Å². The molecule has 0 radical (unpaired) electrons. The molecule has 1 N–H and O–H groups in total. The summed E-state index contributed by atoms with van der Waals surface area (Å²) < 4.78 is 30.1. The van der Waals surface area contributed by atoms with Crippen LogP contribution in [-0.4, -0.2) is 64.5 Å². The van der Waals surface area contributed by atoms with Gasteiger partial charge in [0.15, 0.2) is 9.84 Å². The van der Waals surface area contributed by atoms with Gasteiger partial charge in [0.2, 0.25) is 0 Å². The van der Waals surface area contributed by atoms with E-state index in [-0.39, 0.29) is 23.0 Å². The Labute approximate surface area is 272 Å². The molecule has 0 aromatic heterocycles. The summed E-state index contributed by atoms with van der Waals surface area (Å²) in [4.78, 5) is 17.1. The number of amides is 1. The molecule has 45 heavy (non-hydrogen) atoms. The van der Waals surface area contributed by atoms with Gasteiger partial charge in [-0.1, -0.05) is 54.9 Å². The molecule has 2 aliphatic carbocycles. The fourth-order valence-corrected chi connectivity index (χ4v) is 10.3. The van der Waals surface area contributed by atoms with E-state index in [1.54, 1.807) is 12.1 Å². The van der Waals surface area contributed by atoms with Crippen molar-refractivity contribution in [3.63, 3.8) is 0 Å². The van der Waals surface area contributed by atoms with Crippen LogP contribution in [0.15, 0.2) is 65.7 Å². The van der Waals surface area contributed by atoms with E-state index >= 15 is 0 Å². The fourth-order valence-electron chi connectivity index (χ4n) is 8.21. The Bertz CT molecular complexity index is 1560. The molecular formula is C35H43ClN4O4S. The van der Waals surface area contributed by atoms with Crippen LogP contribution in [0.4, 0.5) is 10.5 Å². The molecule has 2 aromatic carbocycles. The second-order valence-electron chi connectivity index (χ2n) is 13.3. The highest BCUT2D eigenvalue weighted by Gasteiger charge is 2.53. The van der Waals surface area contributed by atoms with Crippen LogP contribution in [0.25, 0.3) is 0 Å². The summed E-state index contributed by atoms with van der Waals surface area (Å²) in [6.45, 7) is 8.85. The summed E-state index contributed by atoms with van der Waals surface area (Å²) >= 11 is 6.57. The Morgan fingerprint density at radius 3 is 2.42 bits per heavy atom. The lowest BCUT2D eigenvalue weighted by molar-refractivity contribution is 0.0940. The standard InChI is InChI=1S/C35H43ClN4O4S/c1-24(38-34(41)44-2)30-9-6-10-31(30)35(23-37,26-7-4-3-5-8-26)27-15-17-39(18-16-27)20-25-21-40(22-25)33-14-13-29(19-32(33)36)45(42,43)28-11-12-28/h3-5,7-8,13-14,19,25,27-28,30-31H,1,6,9-12,15-18,20-22H2,2H3,(H,38,41)/t30-,31+,35?/m1/s1. The zero-order valence-corrected chi connectivity index (χ0v) is 27.5. The number of piperidine rings is 1. The molecule has 1 unspecified atom stereocenters. The lowest BCUT2D eigenvalue weighted by Crippen LogP contribution is -2.54. The van der Waals surface area contributed by atoms with Crippen molar-refractivity contribution in [2.24, 2.45) is 23.7 Å². The molecule has 2 saturated heterocycles. The summed E-state index contributed by atoms with van der Waals surface area (Å²) in [5, 5.41) is 14.1. The largest absolute Gasteiger partial charge is 0.453 e. The summed E-state index contributed by atoms with van der Waals surface area (Å²) in [5.41, 5.74) is 1.94. The van der Waals surface area contributed by atoms with Gasteiger partial charge < -0.3 is 14.5 Å². The van der Waals surface area contributed by atoms with Crippen molar-refractivity contribution in [1.82, 2.24) is 10.2 Å². The van der Waals surface area contributed by atoms with Crippen molar-refractivity contribution in [3.05, 3.63) is 71.4 Å². The number of nitrogens with one attached hydrogen (secondary N) is 1. The number of alkyl carbamates (subject to hydrolysis) is 1. The molecule has 0 spiro atoms. The molecule has 240 valence electrons. The number of benzene rings is 2. The number of rotatable bonds is 10. The van der Waals surface area contributed by atoms with Crippen LogP contribution in [-0.2, 0) is 20.0 Å².